The third kappa shape index (κ3) is 6.83. The number of anilines is 2. The van der Waals surface area contributed by atoms with E-state index in [0.717, 1.165) is 35.4 Å². The molecule has 33 heavy (non-hydrogen) atoms. The molecule has 2 N–H and O–H groups in total. The lowest BCUT2D eigenvalue weighted by Gasteiger charge is -2.12. The normalized spacial score (nSPS) is 11.4. The first-order chi connectivity index (χ1) is 15.8. The smallest absolute Gasteiger partial charge is 0.416 e. The quantitative estimate of drug-likeness (QED) is 0.398. The number of hydrogen-bond donors (Lipinski definition) is 2. The van der Waals surface area contributed by atoms with Gasteiger partial charge in [0.2, 0.25) is 0 Å². The van der Waals surface area contributed by atoms with Crippen LogP contribution in [0.2, 0.25) is 0 Å². The minimum atomic E-state index is -4.47. The Hall–Kier alpha value is -3.81. The molecule has 0 aliphatic rings. The van der Waals surface area contributed by atoms with E-state index >= 15 is 0 Å². The number of aromatic nitrogens is 1. The van der Waals surface area contributed by atoms with Gasteiger partial charge >= 0.3 is 6.18 Å². The van der Waals surface area contributed by atoms with Crippen LogP contribution in [0, 0.1) is 6.92 Å². The fourth-order valence-electron chi connectivity index (χ4n) is 3.08. The van der Waals surface area contributed by atoms with Gasteiger partial charge in [-0.1, -0.05) is 24.3 Å². The summed E-state index contributed by atoms with van der Waals surface area (Å²) in [6, 6.07) is 11.6. The highest BCUT2D eigenvalue weighted by molar-refractivity contribution is 6.05. The maximum Gasteiger partial charge on any atom is 0.416 e. The lowest BCUT2D eigenvalue weighted by atomic mass is 10.1. The average molecular weight is 455 g/mol. The summed E-state index contributed by atoms with van der Waals surface area (Å²) < 4.78 is 43.8. The highest BCUT2D eigenvalue weighted by atomic mass is 19.4. The van der Waals surface area contributed by atoms with E-state index in [9.17, 15) is 18.0 Å². The van der Waals surface area contributed by atoms with Crippen LogP contribution in [0.15, 0.2) is 67.0 Å². The predicted octanol–water partition coefficient (Wildman–Crippen LogP) is 6.19. The Morgan fingerprint density at radius 2 is 1.94 bits per heavy atom. The van der Waals surface area contributed by atoms with Gasteiger partial charge in [0, 0.05) is 29.7 Å². The Labute approximate surface area is 190 Å². The summed E-state index contributed by atoms with van der Waals surface area (Å²) in [4.78, 5) is 16.7. The van der Waals surface area contributed by atoms with Crippen LogP contribution in [0.25, 0.3) is 6.08 Å². The van der Waals surface area contributed by atoms with Gasteiger partial charge in [-0.2, -0.15) is 13.2 Å². The zero-order valence-electron chi connectivity index (χ0n) is 18.2. The van der Waals surface area contributed by atoms with Crippen molar-refractivity contribution in [3.63, 3.8) is 0 Å². The number of nitrogens with one attached hydrogen (secondary N) is 2. The van der Waals surface area contributed by atoms with Crippen LogP contribution in [0.5, 0.6) is 5.75 Å². The number of carbonyl (C=O) groups excluding carboxylic acids is 1. The van der Waals surface area contributed by atoms with Crippen LogP contribution >= 0.6 is 0 Å². The lowest BCUT2D eigenvalue weighted by molar-refractivity contribution is -0.137. The molecule has 0 aliphatic carbocycles. The zero-order chi connectivity index (χ0) is 23.8. The molecule has 0 spiro atoms. The summed E-state index contributed by atoms with van der Waals surface area (Å²) in [5.41, 5.74) is 2.28. The summed E-state index contributed by atoms with van der Waals surface area (Å²) in [6.07, 6.45) is 3.59. The molecule has 3 aromatic rings. The molecule has 0 bridgehead atoms. The highest BCUT2D eigenvalue weighted by Gasteiger charge is 2.30. The molecule has 3 rings (SSSR count). The maximum absolute atomic E-state index is 12.9. The van der Waals surface area contributed by atoms with Crippen molar-refractivity contribution in [2.24, 2.45) is 0 Å². The molecule has 0 atom stereocenters. The molecular weight excluding hydrogens is 431 g/mol. The number of alkyl halides is 3. The van der Waals surface area contributed by atoms with Crippen LogP contribution < -0.4 is 15.4 Å². The van der Waals surface area contributed by atoms with Gasteiger partial charge in [-0.05, 0) is 60.9 Å². The first-order valence-electron chi connectivity index (χ1n) is 10.2. The number of ether oxygens (including phenoxy) is 1. The van der Waals surface area contributed by atoms with Gasteiger partial charge in [0.25, 0.3) is 5.91 Å². The molecule has 0 aliphatic heterocycles. The second-order valence-electron chi connectivity index (χ2n) is 7.34. The number of hydrogen-bond acceptors (Lipinski definition) is 4. The summed E-state index contributed by atoms with van der Waals surface area (Å²) in [7, 11) is 1.59. The second-order valence-corrected chi connectivity index (χ2v) is 7.34. The molecule has 1 heterocycles. The molecule has 1 amide bonds. The van der Waals surface area contributed by atoms with E-state index in [4.69, 9.17) is 4.74 Å². The Morgan fingerprint density at radius 3 is 2.70 bits per heavy atom. The van der Waals surface area contributed by atoms with E-state index in [1.807, 2.05) is 25.1 Å². The molecule has 0 saturated carbocycles. The third-order valence-electron chi connectivity index (χ3n) is 4.85. The van der Waals surface area contributed by atoms with Crippen molar-refractivity contribution in [3.05, 3.63) is 89.3 Å². The van der Waals surface area contributed by atoms with Crippen LogP contribution in [0.4, 0.5) is 24.5 Å². The van der Waals surface area contributed by atoms with Crippen LogP contribution in [0.1, 0.15) is 33.5 Å². The van der Waals surface area contributed by atoms with Gasteiger partial charge in [0.15, 0.2) is 0 Å². The summed E-state index contributed by atoms with van der Waals surface area (Å²) in [5, 5.41) is 5.82. The molecule has 5 nitrogen and oxygen atoms in total. The van der Waals surface area contributed by atoms with Crippen molar-refractivity contribution in [2.75, 3.05) is 24.3 Å². The number of benzene rings is 2. The van der Waals surface area contributed by atoms with Crippen molar-refractivity contribution in [3.8, 4) is 5.75 Å². The number of carbonyl (C=O) groups is 1. The lowest BCUT2D eigenvalue weighted by Crippen LogP contribution is -2.14. The minimum Gasteiger partial charge on any atom is -0.495 e. The van der Waals surface area contributed by atoms with Crippen molar-refractivity contribution in [1.82, 2.24) is 4.98 Å². The highest BCUT2D eigenvalue weighted by Crippen LogP contribution is 2.30. The third-order valence-corrected chi connectivity index (χ3v) is 4.85. The fourth-order valence-corrected chi connectivity index (χ4v) is 3.08. The van der Waals surface area contributed by atoms with E-state index in [2.05, 4.69) is 15.6 Å². The standard InChI is InChI=1S/C25H24F3N3O2/c1-17-9-10-19(24(32)31-21-8-5-7-20(14-21)25(26,27)28)13-23(17)30-11-4-3-6-18-12-22(33-2)16-29-15-18/h3,5-10,12-16,30H,4,11H2,1-2H3,(H,31,32)/b6-3+. The number of halogens is 3. The number of nitrogens with zero attached hydrogens (tertiary/aromatic N) is 1. The Morgan fingerprint density at radius 1 is 1.12 bits per heavy atom. The summed E-state index contributed by atoms with van der Waals surface area (Å²) in [6.45, 7) is 2.54. The molecule has 0 unspecified atom stereocenters. The number of methoxy groups -OCH3 is 1. The average Bonchev–Trinajstić information content (AvgIpc) is 2.79. The predicted molar refractivity (Wildman–Crippen MR) is 124 cm³/mol. The minimum absolute atomic E-state index is 0.0853. The first kappa shape index (κ1) is 23.8. The van der Waals surface area contributed by atoms with Gasteiger partial charge in [-0.3, -0.25) is 9.78 Å². The monoisotopic (exact) mass is 455 g/mol. The number of aryl methyl sites for hydroxylation is 1. The van der Waals surface area contributed by atoms with Crippen molar-refractivity contribution in [2.45, 2.75) is 19.5 Å². The van der Waals surface area contributed by atoms with Crippen molar-refractivity contribution in [1.29, 1.82) is 0 Å². The number of amides is 1. The molecular formula is C25H24F3N3O2. The van der Waals surface area contributed by atoms with Crippen molar-refractivity contribution >= 4 is 23.4 Å². The van der Waals surface area contributed by atoms with Crippen LogP contribution in [0.3, 0.4) is 0 Å². The Bertz CT molecular complexity index is 1140. The Kier molecular flexibility index (Phi) is 7.71. The van der Waals surface area contributed by atoms with E-state index in [0.29, 0.717) is 17.9 Å². The molecule has 0 saturated heterocycles. The molecule has 1 aromatic heterocycles. The largest absolute Gasteiger partial charge is 0.495 e. The van der Waals surface area contributed by atoms with E-state index in [1.54, 1.807) is 37.7 Å². The summed E-state index contributed by atoms with van der Waals surface area (Å²) in [5.74, 6) is 0.203. The van der Waals surface area contributed by atoms with Gasteiger partial charge in [0.05, 0.1) is 18.9 Å². The van der Waals surface area contributed by atoms with Gasteiger partial charge in [-0.15, -0.1) is 0 Å². The van der Waals surface area contributed by atoms with E-state index in [1.165, 1.54) is 12.1 Å². The van der Waals surface area contributed by atoms with E-state index in [-0.39, 0.29) is 5.69 Å². The van der Waals surface area contributed by atoms with Crippen LogP contribution in [-0.2, 0) is 6.18 Å². The summed E-state index contributed by atoms with van der Waals surface area (Å²) >= 11 is 0. The molecule has 0 fully saturated rings. The van der Waals surface area contributed by atoms with Gasteiger partial charge in [0.1, 0.15) is 5.75 Å². The van der Waals surface area contributed by atoms with Gasteiger partial charge < -0.3 is 15.4 Å². The molecule has 2 aromatic carbocycles. The first-order valence-corrected chi connectivity index (χ1v) is 10.2. The zero-order valence-corrected chi connectivity index (χ0v) is 18.2. The molecule has 8 heteroatoms. The number of pyridine rings is 1. The number of rotatable bonds is 8. The second kappa shape index (κ2) is 10.7. The van der Waals surface area contributed by atoms with Crippen LogP contribution in [-0.4, -0.2) is 24.5 Å². The maximum atomic E-state index is 12.9. The fraction of sp³-hybridized carbons (Fsp3) is 0.200. The molecule has 172 valence electrons. The SMILES string of the molecule is COc1cncc(/C=C/CCNc2cc(C(=O)Nc3cccc(C(F)(F)F)c3)ccc2C)c1. The van der Waals surface area contributed by atoms with Gasteiger partial charge in [-0.25, -0.2) is 0 Å². The topological polar surface area (TPSA) is 63.2 Å². The molecule has 0 radical (unpaired) electrons. The van der Waals surface area contributed by atoms with Crippen molar-refractivity contribution < 1.29 is 22.7 Å². The Balaban J connectivity index is 1.60. The van der Waals surface area contributed by atoms with E-state index < -0.39 is 17.6 Å².